The van der Waals surface area contributed by atoms with E-state index in [-0.39, 0.29) is 0 Å². The maximum atomic E-state index is 2.40. The number of thiophene rings is 2. The Labute approximate surface area is 235 Å². The van der Waals surface area contributed by atoms with Gasteiger partial charge < -0.3 is 0 Å². The fourth-order valence-electron chi connectivity index (χ4n) is 5.86. The molecule has 194 valence electrons. The Kier molecular flexibility index (Phi) is 8.09. The van der Waals surface area contributed by atoms with Gasteiger partial charge in [0.25, 0.3) is 0 Å². The highest BCUT2D eigenvalue weighted by atomic mass is 32.1. The maximum Gasteiger partial charge on any atom is 0.0428 e. The van der Waals surface area contributed by atoms with Crippen molar-refractivity contribution < 1.29 is 0 Å². The molecule has 0 aliphatic rings. The van der Waals surface area contributed by atoms with E-state index >= 15 is 0 Å². The number of unbranched alkanes of at least 4 members (excludes halogenated alkanes) is 9. The third-order valence-corrected chi connectivity index (χ3v) is 10.3. The van der Waals surface area contributed by atoms with Crippen molar-refractivity contribution in [3.8, 4) is 10.4 Å². The lowest BCUT2D eigenvalue weighted by atomic mass is 10.0. The van der Waals surface area contributed by atoms with Gasteiger partial charge >= 0.3 is 0 Å². The molecule has 0 aliphatic heterocycles. The number of rotatable bonds is 12. The van der Waals surface area contributed by atoms with Crippen LogP contribution in [0.1, 0.15) is 76.7 Å². The molecule has 6 aromatic rings. The molecule has 2 heteroatoms. The Morgan fingerprint density at radius 3 is 1.84 bits per heavy atom. The van der Waals surface area contributed by atoms with Crippen molar-refractivity contribution in [2.45, 2.75) is 77.6 Å². The summed E-state index contributed by atoms with van der Waals surface area (Å²) in [7, 11) is 0. The van der Waals surface area contributed by atoms with Crippen LogP contribution in [-0.2, 0) is 6.42 Å². The summed E-state index contributed by atoms with van der Waals surface area (Å²) in [6, 6.07) is 27.9. The molecule has 4 aromatic carbocycles. The summed E-state index contributed by atoms with van der Waals surface area (Å²) >= 11 is 3.78. The average molecular weight is 535 g/mol. The van der Waals surface area contributed by atoms with Crippen LogP contribution in [0.15, 0.2) is 78.2 Å². The predicted molar refractivity (Wildman–Crippen MR) is 173 cm³/mol. The first-order valence-corrected chi connectivity index (χ1v) is 16.4. The van der Waals surface area contributed by atoms with Crippen LogP contribution >= 0.6 is 22.7 Å². The second-order valence-electron chi connectivity index (χ2n) is 10.9. The summed E-state index contributed by atoms with van der Waals surface area (Å²) in [5, 5.41) is 10.3. The van der Waals surface area contributed by atoms with E-state index < -0.39 is 0 Å². The number of hydrogen-bond donors (Lipinski definition) is 0. The Balaban J connectivity index is 1.11. The van der Waals surface area contributed by atoms with Crippen LogP contribution in [0.25, 0.3) is 52.2 Å². The third kappa shape index (κ3) is 5.53. The van der Waals surface area contributed by atoms with Crippen LogP contribution in [0, 0.1) is 0 Å². The molecular formula is C36H38S2. The highest BCUT2D eigenvalue weighted by Crippen LogP contribution is 2.40. The van der Waals surface area contributed by atoms with Crippen LogP contribution in [0.5, 0.6) is 0 Å². The standard InChI is InChI=1S/C36H38S2/c1-2-3-4-5-6-7-8-9-10-11-12-26-13-15-27(16-14-26)34-25-31-20-19-30-23-32-29(24-33(30)36(31)38-34)18-17-28-21-22-37-35(28)32/h13-25H,2-12H2,1H3. The summed E-state index contributed by atoms with van der Waals surface area (Å²) in [4.78, 5) is 1.37. The van der Waals surface area contributed by atoms with Crippen LogP contribution < -0.4 is 0 Å². The quantitative estimate of drug-likeness (QED) is 0.108. The minimum atomic E-state index is 1.21. The molecular weight excluding hydrogens is 497 g/mol. The minimum absolute atomic E-state index is 1.21. The Hall–Kier alpha value is -2.68. The lowest BCUT2D eigenvalue weighted by Gasteiger charge is -2.05. The Morgan fingerprint density at radius 1 is 0.526 bits per heavy atom. The molecule has 0 bridgehead atoms. The van der Waals surface area contributed by atoms with Crippen molar-refractivity contribution in [2.75, 3.05) is 0 Å². The molecule has 0 spiro atoms. The zero-order chi connectivity index (χ0) is 25.7. The van der Waals surface area contributed by atoms with Gasteiger partial charge in [0.1, 0.15) is 0 Å². The van der Waals surface area contributed by atoms with E-state index in [1.54, 1.807) is 0 Å². The number of hydrogen-bond acceptors (Lipinski definition) is 2. The van der Waals surface area contributed by atoms with E-state index in [0.717, 1.165) is 0 Å². The molecule has 6 rings (SSSR count). The zero-order valence-electron chi connectivity index (χ0n) is 22.6. The van der Waals surface area contributed by atoms with Crippen molar-refractivity contribution in [1.82, 2.24) is 0 Å². The minimum Gasteiger partial charge on any atom is -0.143 e. The van der Waals surface area contributed by atoms with Crippen molar-refractivity contribution in [3.63, 3.8) is 0 Å². The van der Waals surface area contributed by atoms with Gasteiger partial charge in [-0.3, -0.25) is 0 Å². The second kappa shape index (κ2) is 12.0. The molecule has 0 aliphatic carbocycles. The van der Waals surface area contributed by atoms with Gasteiger partial charge in [0.2, 0.25) is 0 Å². The molecule has 2 heterocycles. The fraction of sp³-hybridized carbons (Fsp3) is 0.333. The summed E-state index contributed by atoms with van der Waals surface area (Å²) in [6.07, 6.45) is 15.2. The second-order valence-corrected chi connectivity index (χ2v) is 12.9. The van der Waals surface area contributed by atoms with Gasteiger partial charge in [0.15, 0.2) is 0 Å². The van der Waals surface area contributed by atoms with Gasteiger partial charge in [-0.25, -0.2) is 0 Å². The van der Waals surface area contributed by atoms with Crippen molar-refractivity contribution in [2.24, 2.45) is 0 Å². The lowest BCUT2D eigenvalue weighted by molar-refractivity contribution is 0.556. The summed E-state index contributed by atoms with van der Waals surface area (Å²) < 4.78 is 2.80. The van der Waals surface area contributed by atoms with E-state index in [1.807, 2.05) is 22.7 Å². The molecule has 2 aromatic heterocycles. The molecule has 0 N–H and O–H groups in total. The number of benzene rings is 4. The first-order chi connectivity index (χ1) is 18.8. The molecule has 0 saturated heterocycles. The van der Waals surface area contributed by atoms with Crippen molar-refractivity contribution in [1.29, 1.82) is 0 Å². The largest absolute Gasteiger partial charge is 0.143 e. The number of aryl methyl sites for hydroxylation is 1. The van der Waals surface area contributed by atoms with E-state index in [4.69, 9.17) is 0 Å². The monoisotopic (exact) mass is 534 g/mol. The van der Waals surface area contributed by atoms with Crippen molar-refractivity contribution in [3.05, 3.63) is 83.7 Å². The molecule has 0 unspecified atom stereocenters. The van der Waals surface area contributed by atoms with E-state index in [0.29, 0.717) is 0 Å². The first-order valence-electron chi connectivity index (χ1n) is 14.7. The molecule has 0 amide bonds. The fourth-order valence-corrected chi connectivity index (χ4v) is 7.98. The molecule has 38 heavy (non-hydrogen) atoms. The topological polar surface area (TPSA) is 0 Å². The maximum absolute atomic E-state index is 2.40. The van der Waals surface area contributed by atoms with E-state index in [9.17, 15) is 0 Å². The summed E-state index contributed by atoms with van der Waals surface area (Å²) in [5.41, 5.74) is 2.82. The predicted octanol–water partition coefficient (Wildman–Crippen LogP) is 12.6. The summed E-state index contributed by atoms with van der Waals surface area (Å²) in [5.74, 6) is 0. The average Bonchev–Trinajstić information content (AvgIpc) is 3.61. The van der Waals surface area contributed by atoms with Gasteiger partial charge in [-0.05, 0) is 75.2 Å². The van der Waals surface area contributed by atoms with Gasteiger partial charge in [0, 0.05) is 25.0 Å². The van der Waals surface area contributed by atoms with Crippen LogP contribution in [0.2, 0.25) is 0 Å². The molecule has 0 fully saturated rings. The molecule has 0 radical (unpaired) electrons. The van der Waals surface area contributed by atoms with Gasteiger partial charge in [-0.2, -0.15) is 0 Å². The third-order valence-electron chi connectivity index (χ3n) is 8.11. The lowest BCUT2D eigenvalue weighted by Crippen LogP contribution is -1.87. The summed E-state index contributed by atoms with van der Waals surface area (Å²) in [6.45, 7) is 2.29. The highest BCUT2D eigenvalue weighted by Gasteiger charge is 2.10. The zero-order valence-corrected chi connectivity index (χ0v) is 24.2. The SMILES string of the molecule is CCCCCCCCCCCCc1ccc(-c2cc3ccc4cc5c(ccc6ccsc65)cc4c3s2)cc1. The van der Waals surface area contributed by atoms with Gasteiger partial charge in [-0.1, -0.05) is 113 Å². The first kappa shape index (κ1) is 25.6. The smallest absolute Gasteiger partial charge is 0.0428 e. The number of fused-ring (bicyclic) bond motifs is 6. The van der Waals surface area contributed by atoms with Gasteiger partial charge in [0.05, 0.1) is 0 Å². The molecule has 0 nitrogen and oxygen atoms in total. The van der Waals surface area contributed by atoms with Crippen molar-refractivity contribution >= 4 is 64.4 Å². The highest BCUT2D eigenvalue weighted by molar-refractivity contribution is 7.23. The van der Waals surface area contributed by atoms with Gasteiger partial charge in [-0.15, -0.1) is 22.7 Å². The molecule has 0 saturated carbocycles. The molecule has 0 atom stereocenters. The van der Waals surface area contributed by atoms with Crippen LogP contribution in [0.4, 0.5) is 0 Å². The van der Waals surface area contributed by atoms with E-state index in [1.165, 1.54) is 128 Å². The Morgan fingerprint density at radius 2 is 1.13 bits per heavy atom. The Bertz CT molecular complexity index is 1650. The van der Waals surface area contributed by atoms with Crippen LogP contribution in [-0.4, -0.2) is 0 Å². The normalized spacial score (nSPS) is 11.9. The van der Waals surface area contributed by atoms with Crippen LogP contribution in [0.3, 0.4) is 0 Å². The van der Waals surface area contributed by atoms with E-state index in [2.05, 4.69) is 85.1 Å².